The van der Waals surface area contributed by atoms with Crippen LogP contribution in [0.25, 0.3) is 0 Å². The van der Waals surface area contributed by atoms with E-state index < -0.39 is 0 Å². The molecular formula is C5H11NO2. The second-order valence-electron chi connectivity index (χ2n) is 2.13. The summed E-state index contributed by atoms with van der Waals surface area (Å²) < 4.78 is 0. The van der Waals surface area contributed by atoms with Crippen LogP contribution in [0, 0.1) is 5.92 Å². The van der Waals surface area contributed by atoms with E-state index in [0.29, 0.717) is 12.3 Å². The van der Waals surface area contributed by atoms with Gasteiger partial charge in [-0.2, -0.15) is 0 Å². The Bertz CT molecular complexity index is 80.5. The lowest BCUT2D eigenvalue weighted by molar-refractivity contribution is -0.129. The van der Waals surface area contributed by atoms with E-state index in [2.05, 4.69) is 0 Å². The average Bonchev–Trinajstić information content (AvgIpc) is 1.65. The van der Waals surface area contributed by atoms with Gasteiger partial charge in [-0.15, -0.1) is 0 Å². The molecule has 1 amide bonds. The number of amides is 1. The van der Waals surface area contributed by atoms with Gasteiger partial charge in [0.15, 0.2) is 0 Å². The molecule has 48 valence electrons. The quantitative estimate of drug-likeness (QED) is 0.409. The number of carbonyl (C=O) groups is 1. The van der Waals surface area contributed by atoms with Crippen LogP contribution in [0.2, 0.25) is 0 Å². The van der Waals surface area contributed by atoms with Crippen molar-refractivity contribution in [2.24, 2.45) is 5.92 Å². The molecule has 0 aliphatic rings. The minimum atomic E-state index is -0.319. The molecule has 0 atom stereocenters. The third-order valence-electron chi connectivity index (χ3n) is 0.718. The summed E-state index contributed by atoms with van der Waals surface area (Å²) in [5.41, 5.74) is 1.56. The fourth-order valence-electron chi connectivity index (χ4n) is 0.416. The second-order valence-corrected chi connectivity index (χ2v) is 2.13. The monoisotopic (exact) mass is 117 g/mol. The Morgan fingerprint density at radius 2 is 2.25 bits per heavy atom. The maximum absolute atomic E-state index is 10.3. The van der Waals surface area contributed by atoms with Crippen LogP contribution in [0.5, 0.6) is 0 Å². The van der Waals surface area contributed by atoms with E-state index in [1.54, 1.807) is 5.48 Å². The van der Waals surface area contributed by atoms with Crippen molar-refractivity contribution in [1.82, 2.24) is 5.48 Å². The predicted molar refractivity (Wildman–Crippen MR) is 29.4 cm³/mol. The minimum absolute atomic E-state index is 0.308. The highest BCUT2D eigenvalue weighted by atomic mass is 16.5. The first-order valence-electron chi connectivity index (χ1n) is 2.59. The number of nitrogens with one attached hydrogen (secondary N) is 1. The van der Waals surface area contributed by atoms with Crippen LogP contribution >= 0.6 is 0 Å². The normalized spacial score (nSPS) is 9.50. The Balaban J connectivity index is 3.25. The zero-order valence-corrected chi connectivity index (χ0v) is 5.14. The Morgan fingerprint density at radius 1 is 1.75 bits per heavy atom. The maximum atomic E-state index is 10.3. The molecule has 0 aliphatic carbocycles. The summed E-state index contributed by atoms with van der Waals surface area (Å²) in [6.45, 7) is 3.82. The van der Waals surface area contributed by atoms with Gasteiger partial charge in [-0.1, -0.05) is 13.8 Å². The standard InChI is InChI=1S/C5H11NO2/c1-4(2)3-5(7)6-8/h4,8H,3H2,1-2H3,(H,6,7). The predicted octanol–water partition coefficient (Wildman–Crippen LogP) is 0.538. The van der Waals surface area contributed by atoms with Gasteiger partial charge in [0.1, 0.15) is 0 Å². The molecule has 0 aromatic rings. The number of hydroxylamine groups is 1. The molecule has 0 bridgehead atoms. The van der Waals surface area contributed by atoms with Gasteiger partial charge in [0, 0.05) is 6.42 Å². The SMILES string of the molecule is CC(C)CC(=O)NO. The lowest BCUT2D eigenvalue weighted by Gasteiger charge is -1.99. The second kappa shape index (κ2) is 3.43. The van der Waals surface area contributed by atoms with Crippen molar-refractivity contribution >= 4 is 5.91 Å². The summed E-state index contributed by atoms with van der Waals surface area (Å²) >= 11 is 0. The molecule has 0 aromatic heterocycles. The molecule has 0 saturated heterocycles. The lowest BCUT2D eigenvalue weighted by Crippen LogP contribution is -2.19. The highest BCUT2D eigenvalue weighted by molar-refractivity contribution is 5.74. The average molecular weight is 117 g/mol. The zero-order chi connectivity index (χ0) is 6.57. The molecule has 0 aromatic carbocycles. The Kier molecular flexibility index (Phi) is 3.19. The molecule has 3 nitrogen and oxygen atoms in total. The van der Waals surface area contributed by atoms with Crippen LogP contribution in [0.3, 0.4) is 0 Å². The fourth-order valence-corrected chi connectivity index (χ4v) is 0.416. The van der Waals surface area contributed by atoms with Gasteiger partial charge in [0.2, 0.25) is 5.91 Å². The van der Waals surface area contributed by atoms with E-state index in [9.17, 15) is 4.79 Å². The first-order chi connectivity index (χ1) is 3.66. The molecule has 3 heteroatoms. The first kappa shape index (κ1) is 7.43. The van der Waals surface area contributed by atoms with Gasteiger partial charge >= 0.3 is 0 Å². The Hall–Kier alpha value is -0.570. The number of carbonyl (C=O) groups excluding carboxylic acids is 1. The summed E-state index contributed by atoms with van der Waals surface area (Å²) in [4.78, 5) is 10.3. The third kappa shape index (κ3) is 3.61. The summed E-state index contributed by atoms with van der Waals surface area (Å²) in [6.07, 6.45) is 0.385. The van der Waals surface area contributed by atoms with Gasteiger partial charge in [-0.3, -0.25) is 10.0 Å². The van der Waals surface area contributed by atoms with Crippen molar-refractivity contribution < 1.29 is 10.0 Å². The number of hydrogen-bond acceptors (Lipinski definition) is 2. The van der Waals surface area contributed by atoms with E-state index in [0.717, 1.165) is 0 Å². The molecule has 0 spiro atoms. The third-order valence-corrected chi connectivity index (χ3v) is 0.718. The highest BCUT2D eigenvalue weighted by Gasteiger charge is 2.00. The van der Waals surface area contributed by atoms with Gasteiger partial charge in [0.05, 0.1) is 0 Å². The molecule has 2 N–H and O–H groups in total. The van der Waals surface area contributed by atoms with Crippen molar-refractivity contribution in [3.8, 4) is 0 Å². The van der Waals surface area contributed by atoms with Crippen molar-refractivity contribution in [2.75, 3.05) is 0 Å². The maximum Gasteiger partial charge on any atom is 0.243 e. The van der Waals surface area contributed by atoms with Crippen LogP contribution in [0.4, 0.5) is 0 Å². The van der Waals surface area contributed by atoms with Crippen molar-refractivity contribution in [1.29, 1.82) is 0 Å². The van der Waals surface area contributed by atoms with Crippen LogP contribution < -0.4 is 5.48 Å². The first-order valence-corrected chi connectivity index (χ1v) is 2.59. The van der Waals surface area contributed by atoms with Gasteiger partial charge in [0.25, 0.3) is 0 Å². The lowest BCUT2D eigenvalue weighted by atomic mass is 10.1. The van der Waals surface area contributed by atoms with E-state index in [1.165, 1.54) is 0 Å². The van der Waals surface area contributed by atoms with Crippen LogP contribution in [-0.4, -0.2) is 11.1 Å². The van der Waals surface area contributed by atoms with Crippen molar-refractivity contribution in [3.05, 3.63) is 0 Å². The molecule has 8 heavy (non-hydrogen) atoms. The Labute approximate surface area is 48.7 Å². The summed E-state index contributed by atoms with van der Waals surface area (Å²) in [7, 11) is 0. The smallest absolute Gasteiger partial charge is 0.243 e. The summed E-state index contributed by atoms with van der Waals surface area (Å²) in [5, 5.41) is 7.98. The molecule has 0 aliphatic heterocycles. The largest absolute Gasteiger partial charge is 0.289 e. The summed E-state index contributed by atoms with van der Waals surface area (Å²) in [5.74, 6) is -0.0119. The Morgan fingerprint density at radius 3 is 2.38 bits per heavy atom. The minimum Gasteiger partial charge on any atom is -0.289 e. The van der Waals surface area contributed by atoms with E-state index in [1.807, 2.05) is 13.8 Å². The van der Waals surface area contributed by atoms with Crippen LogP contribution in [0.15, 0.2) is 0 Å². The molecule has 0 radical (unpaired) electrons. The molecule has 0 heterocycles. The molecular weight excluding hydrogens is 106 g/mol. The van der Waals surface area contributed by atoms with Gasteiger partial charge in [-0.05, 0) is 5.92 Å². The number of hydrogen-bond donors (Lipinski definition) is 2. The van der Waals surface area contributed by atoms with Crippen molar-refractivity contribution in [2.45, 2.75) is 20.3 Å². The summed E-state index contributed by atoms with van der Waals surface area (Å²) in [6, 6.07) is 0. The molecule has 0 saturated carbocycles. The number of rotatable bonds is 2. The molecule has 0 unspecified atom stereocenters. The molecule has 0 fully saturated rings. The van der Waals surface area contributed by atoms with E-state index >= 15 is 0 Å². The van der Waals surface area contributed by atoms with E-state index in [4.69, 9.17) is 5.21 Å². The van der Waals surface area contributed by atoms with Gasteiger partial charge in [-0.25, -0.2) is 5.48 Å². The van der Waals surface area contributed by atoms with Gasteiger partial charge < -0.3 is 0 Å². The van der Waals surface area contributed by atoms with Crippen LogP contribution in [0.1, 0.15) is 20.3 Å². The highest BCUT2D eigenvalue weighted by Crippen LogP contribution is 1.96. The topological polar surface area (TPSA) is 49.3 Å². The molecule has 0 rings (SSSR count). The van der Waals surface area contributed by atoms with Crippen LogP contribution in [-0.2, 0) is 4.79 Å². The fraction of sp³-hybridized carbons (Fsp3) is 0.800. The zero-order valence-electron chi connectivity index (χ0n) is 5.14. The van der Waals surface area contributed by atoms with E-state index in [-0.39, 0.29) is 5.91 Å². The van der Waals surface area contributed by atoms with Crippen molar-refractivity contribution in [3.63, 3.8) is 0 Å².